The van der Waals surface area contributed by atoms with Crippen LogP contribution in [0.1, 0.15) is 11.1 Å². The van der Waals surface area contributed by atoms with Crippen LogP contribution >= 0.6 is 0 Å². The molecule has 0 heterocycles. The van der Waals surface area contributed by atoms with Gasteiger partial charge in [-0.25, -0.2) is 0 Å². The van der Waals surface area contributed by atoms with Gasteiger partial charge in [0.1, 0.15) is 5.75 Å². The molecule has 2 aromatic rings. The van der Waals surface area contributed by atoms with Crippen molar-refractivity contribution in [1.82, 2.24) is 0 Å². The zero-order valence-corrected chi connectivity index (χ0v) is 13.4. The highest BCUT2D eigenvalue weighted by atomic mass is 16.5. The molecule has 0 radical (unpaired) electrons. The van der Waals surface area contributed by atoms with E-state index in [9.17, 15) is 9.59 Å². The molecular weight excluding hydrogens is 312 g/mol. The molecule has 0 aliphatic carbocycles. The van der Waals surface area contributed by atoms with E-state index < -0.39 is 5.97 Å². The quantitative estimate of drug-likeness (QED) is 0.786. The molecular formula is C18H18O6. The Bertz CT molecular complexity index is 721. The number of carbonyl (C=O) groups excluding carboxylic acids is 1. The van der Waals surface area contributed by atoms with Gasteiger partial charge in [0.25, 0.3) is 0 Å². The van der Waals surface area contributed by atoms with Gasteiger partial charge in [-0.15, -0.1) is 0 Å². The molecule has 0 aliphatic heterocycles. The molecule has 0 saturated heterocycles. The Kier molecular flexibility index (Phi) is 5.78. The number of esters is 1. The van der Waals surface area contributed by atoms with Crippen molar-refractivity contribution >= 4 is 11.9 Å². The summed E-state index contributed by atoms with van der Waals surface area (Å²) in [5.41, 5.74) is 1.42. The Morgan fingerprint density at radius 1 is 0.917 bits per heavy atom. The number of hydrogen-bond donors (Lipinski definition) is 1. The van der Waals surface area contributed by atoms with Gasteiger partial charge in [-0.05, 0) is 35.4 Å². The number of carbonyl (C=O) groups is 2. The van der Waals surface area contributed by atoms with Crippen molar-refractivity contribution < 1.29 is 28.9 Å². The van der Waals surface area contributed by atoms with E-state index in [1.165, 1.54) is 14.2 Å². The summed E-state index contributed by atoms with van der Waals surface area (Å²) in [5.74, 6) is 0.297. The smallest absolute Gasteiger partial charge is 0.309 e. The summed E-state index contributed by atoms with van der Waals surface area (Å²) in [5, 5.41) is 8.78. The van der Waals surface area contributed by atoms with Crippen LogP contribution in [0, 0.1) is 0 Å². The molecule has 0 aromatic heterocycles. The van der Waals surface area contributed by atoms with Crippen molar-refractivity contribution in [3.63, 3.8) is 0 Å². The number of rotatable bonds is 7. The van der Waals surface area contributed by atoms with Gasteiger partial charge < -0.3 is 19.3 Å². The number of hydrogen-bond acceptors (Lipinski definition) is 5. The summed E-state index contributed by atoms with van der Waals surface area (Å²) in [6.07, 6.45) is 0.0899. The fraction of sp³-hybridized carbons (Fsp3) is 0.222. The van der Waals surface area contributed by atoms with Crippen molar-refractivity contribution in [2.75, 3.05) is 14.2 Å². The zero-order chi connectivity index (χ0) is 17.5. The molecule has 1 N–H and O–H groups in total. The normalized spacial score (nSPS) is 10.1. The van der Waals surface area contributed by atoms with E-state index in [0.29, 0.717) is 22.8 Å². The van der Waals surface area contributed by atoms with Crippen LogP contribution in [0.2, 0.25) is 0 Å². The Labute approximate surface area is 139 Å². The van der Waals surface area contributed by atoms with E-state index in [1.54, 1.807) is 42.5 Å². The highest BCUT2D eigenvalue weighted by molar-refractivity contribution is 5.73. The first kappa shape index (κ1) is 17.3. The maximum absolute atomic E-state index is 11.4. The number of aliphatic carboxylic acids is 1. The predicted octanol–water partition coefficient (Wildman–Crippen LogP) is 2.83. The lowest BCUT2D eigenvalue weighted by Gasteiger charge is -2.12. The summed E-state index contributed by atoms with van der Waals surface area (Å²) in [6.45, 7) is 0. The highest BCUT2D eigenvalue weighted by Crippen LogP contribution is 2.32. The highest BCUT2D eigenvalue weighted by Gasteiger charge is 2.10. The molecule has 126 valence electrons. The first-order chi connectivity index (χ1) is 11.5. The van der Waals surface area contributed by atoms with Crippen LogP contribution in [0.3, 0.4) is 0 Å². The van der Waals surface area contributed by atoms with Gasteiger partial charge in [-0.1, -0.05) is 18.2 Å². The van der Waals surface area contributed by atoms with Crippen molar-refractivity contribution in [3.05, 3.63) is 53.6 Å². The largest absolute Gasteiger partial charge is 0.493 e. The van der Waals surface area contributed by atoms with E-state index in [2.05, 4.69) is 4.74 Å². The standard InChI is InChI=1S/C18H18O6/c1-22-15-8-5-13(11-18(21)23-2)9-16(15)24-14-6-3-12(4-7-14)10-17(19)20/h3-9H,10-11H2,1-2H3,(H,19,20). The lowest BCUT2D eigenvalue weighted by atomic mass is 10.1. The van der Waals surface area contributed by atoms with E-state index in [4.69, 9.17) is 14.6 Å². The van der Waals surface area contributed by atoms with Gasteiger partial charge in [0.2, 0.25) is 0 Å². The first-order valence-electron chi connectivity index (χ1n) is 7.24. The lowest BCUT2D eigenvalue weighted by Crippen LogP contribution is -2.04. The minimum Gasteiger partial charge on any atom is -0.493 e. The lowest BCUT2D eigenvalue weighted by molar-refractivity contribution is -0.140. The van der Waals surface area contributed by atoms with Gasteiger partial charge in [0.15, 0.2) is 11.5 Å². The summed E-state index contributed by atoms with van der Waals surface area (Å²) in [4.78, 5) is 22.1. The predicted molar refractivity (Wildman–Crippen MR) is 86.6 cm³/mol. The second-order valence-electron chi connectivity index (χ2n) is 5.05. The molecule has 0 aliphatic rings. The van der Waals surface area contributed by atoms with Crippen molar-refractivity contribution in [3.8, 4) is 17.2 Å². The van der Waals surface area contributed by atoms with E-state index in [-0.39, 0.29) is 18.8 Å². The Morgan fingerprint density at radius 3 is 2.17 bits per heavy atom. The number of carboxylic acids is 1. The summed E-state index contributed by atoms with van der Waals surface area (Å²) in [6, 6.07) is 11.9. The van der Waals surface area contributed by atoms with Crippen LogP contribution in [0.5, 0.6) is 17.2 Å². The van der Waals surface area contributed by atoms with Gasteiger partial charge in [-0.3, -0.25) is 9.59 Å². The van der Waals surface area contributed by atoms with Crippen LogP contribution in [0.25, 0.3) is 0 Å². The van der Waals surface area contributed by atoms with Crippen molar-refractivity contribution in [1.29, 1.82) is 0 Å². The topological polar surface area (TPSA) is 82.1 Å². The van der Waals surface area contributed by atoms with Crippen LogP contribution in [-0.4, -0.2) is 31.3 Å². The Balaban J connectivity index is 2.19. The van der Waals surface area contributed by atoms with Crippen LogP contribution in [0.15, 0.2) is 42.5 Å². The SMILES string of the molecule is COC(=O)Cc1ccc(OC)c(Oc2ccc(CC(=O)O)cc2)c1. The Morgan fingerprint density at radius 2 is 1.58 bits per heavy atom. The minimum atomic E-state index is -0.888. The van der Waals surface area contributed by atoms with Crippen LogP contribution in [-0.2, 0) is 27.2 Å². The number of benzene rings is 2. The van der Waals surface area contributed by atoms with Gasteiger partial charge in [0.05, 0.1) is 27.1 Å². The van der Waals surface area contributed by atoms with Gasteiger partial charge >= 0.3 is 11.9 Å². The van der Waals surface area contributed by atoms with E-state index in [0.717, 1.165) is 5.56 Å². The number of methoxy groups -OCH3 is 2. The molecule has 6 nitrogen and oxygen atoms in total. The molecule has 0 unspecified atom stereocenters. The molecule has 0 fully saturated rings. The Hall–Kier alpha value is -3.02. The minimum absolute atomic E-state index is 0.0434. The summed E-state index contributed by atoms with van der Waals surface area (Å²) in [7, 11) is 2.86. The molecule has 2 aromatic carbocycles. The second-order valence-corrected chi connectivity index (χ2v) is 5.05. The van der Waals surface area contributed by atoms with Crippen LogP contribution < -0.4 is 9.47 Å². The third-order valence-electron chi connectivity index (χ3n) is 3.31. The maximum atomic E-state index is 11.4. The third kappa shape index (κ3) is 4.74. The van der Waals surface area contributed by atoms with E-state index >= 15 is 0 Å². The fourth-order valence-corrected chi connectivity index (χ4v) is 2.13. The monoisotopic (exact) mass is 330 g/mol. The molecule has 2 rings (SSSR count). The van der Waals surface area contributed by atoms with Crippen molar-refractivity contribution in [2.24, 2.45) is 0 Å². The second kappa shape index (κ2) is 8.01. The molecule has 6 heteroatoms. The summed E-state index contributed by atoms with van der Waals surface area (Å²) >= 11 is 0. The maximum Gasteiger partial charge on any atom is 0.309 e. The van der Waals surface area contributed by atoms with Crippen molar-refractivity contribution in [2.45, 2.75) is 12.8 Å². The molecule has 0 saturated carbocycles. The average molecular weight is 330 g/mol. The fourth-order valence-electron chi connectivity index (χ4n) is 2.13. The molecule has 0 atom stereocenters. The number of ether oxygens (including phenoxy) is 3. The molecule has 24 heavy (non-hydrogen) atoms. The first-order valence-corrected chi connectivity index (χ1v) is 7.24. The van der Waals surface area contributed by atoms with Gasteiger partial charge in [0, 0.05) is 0 Å². The third-order valence-corrected chi connectivity index (χ3v) is 3.31. The summed E-state index contributed by atoms with van der Waals surface area (Å²) < 4.78 is 15.7. The zero-order valence-electron chi connectivity index (χ0n) is 13.4. The number of carboxylic acid groups (broad SMARTS) is 1. The average Bonchev–Trinajstić information content (AvgIpc) is 2.56. The van der Waals surface area contributed by atoms with Crippen LogP contribution in [0.4, 0.5) is 0 Å². The van der Waals surface area contributed by atoms with E-state index in [1.807, 2.05) is 0 Å². The molecule has 0 spiro atoms. The molecule has 0 amide bonds. The van der Waals surface area contributed by atoms with Gasteiger partial charge in [-0.2, -0.15) is 0 Å². The molecule has 0 bridgehead atoms.